The van der Waals surface area contributed by atoms with Crippen molar-refractivity contribution in [2.24, 2.45) is 5.92 Å². The van der Waals surface area contributed by atoms with Crippen molar-refractivity contribution in [2.45, 2.75) is 69.5 Å². The second-order valence-electron chi connectivity index (χ2n) is 10.4. The van der Waals surface area contributed by atoms with E-state index in [2.05, 4.69) is 39.0 Å². The number of piperazine rings is 1. The fourth-order valence-electron chi connectivity index (χ4n) is 6.51. The largest absolute Gasteiger partial charge is 0.379 e. The number of hydrogen-bond donors (Lipinski definition) is 0. The van der Waals surface area contributed by atoms with Crippen LogP contribution < -0.4 is 0 Å². The Bertz CT molecular complexity index is 719. The Labute approximate surface area is 187 Å². The highest BCUT2D eigenvalue weighted by molar-refractivity contribution is 5.79. The van der Waals surface area contributed by atoms with E-state index in [1.54, 1.807) is 0 Å². The summed E-state index contributed by atoms with van der Waals surface area (Å²) in [4.78, 5) is 20.5. The molecule has 3 saturated heterocycles. The van der Waals surface area contributed by atoms with Gasteiger partial charge in [-0.2, -0.15) is 0 Å². The van der Waals surface area contributed by atoms with Crippen LogP contribution in [-0.2, 0) is 16.1 Å². The van der Waals surface area contributed by atoms with E-state index >= 15 is 0 Å². The van der Waals surface area contributed by atoms with Crippen LogP contribution in [0.4, 0.5) is 0 Å². The Kier molecular flexibility index (Phi) is 6.63. The number of ether oxygens (including phenoxy) is 1. The zero-order chi connectivity index (χ0) is 21.1. The quantitative estimate of drug-likeness (QED) is 0.723. The van der Waals surface area contributed by atoms with Gasteiger partial charge in [-0.3, -0.25) is 9.69 Å². The van der Waals surface area contributed by atoms with Crippen molar-refractivity contribution in [3.8, 4) is 0 Å². The highest BCUT2D eigenvalue weighted by Crippen LogP contribution is 2.36. The molecule has 5 heteroatoms. The van der Waals surface area contributed by atoms with E-state index in [0.717, 1.165) is 38.6 Å². The van der Waals surface area contributed by atoms with Crippen LogP contribution in [0, 0.1) is 5.92 Å². The predicted molar refractivity (Wildman–Crippen MR) is 123 cm³/mol. The topological polar surface area (TPSA) is 36.0 Å². The van der Waals surface area contributed by atoms with Crippen LogP contribution in [0.2, 0.25) is 0 Å². The average Bonchev–Trinajstić information content (AvgIpc) is 3.27. The summed E-state index contributed by atoms with van der Waals surface area (Å²) in [6.45, 7) is 7.36. The molecule has 1 atom stereocenters. The molecule has 0 radical (unpaired) electrons. The molecule has 1 saturated carbocycles. The summed E-state index contributed by atoms with van der Waals surface area (Å²) >= 11 is 0. The van der Waals surface area contributed by atoms with Gasteiger partial charge in [0.05, 0.1) is 18.7 Å². The number of hydrogen-bond acceptors (Lipinski definition) is 4. The molecule has 1 aromatic rings. The lowest BCUT2D eigenvalue weighted by Gasteiger charge is -2.52. The van der Waals surface area contributed by atoms with E-state index in [-0.39, 0.29) is 11.4 Å². The number of carbonyl (C=O) groups excluding carboxylic acids is 1. The molecule has 0 bridgehead atoms. The first-order valence-electron chi connectivity index (χ1n) is 12.6. The molecular formula is C26H39N3O2. The highest BCUT2D eigenvalue weighted by Gasteiger charge is 2.50. The van der Waals surface area contributed by atoms with Crippen molar-refractivity contribution >= 4 is 5.91 Å². The standard InChI is InChI=1S/C26H39N3O2/c30-25-19-29(24-11-14-27(15-12-24)17-22-7-3-1-4-8-22)26(13-16-31-21-26)20-28(25)18-23-9-5-2-6-10-23/h2,5-6,9-10,22,24H,1,3-4,7-8,11-21H2/t26-/m1/s1. The van der Waals surface area contributed by atoms with Crippen molar-refractivity contribution in [3.05, 3.63) is 35.9 Å². The molecular weight excluding hydrogens is 386 g/mol. The Balaban J connectivity index is 1.21. The summed E-state index contributed by atoms with van der Waals surface area (Å²) in [5, 5.41) is 0. The zero-order valence-corrected chi connectivity index (χ0v) is 19.0. The third-order valence-electron chi connectivity index (χ3n) is 8.29. The van der Waals surface area contributed by atoms with Crippen LogP contribution in [0.5, 0.6) is 0 Å². The van der Waals surface area contributed by atoms with E-state index in [4.69, 9.17) is 4.74 Å². The van der Waals surface area contributed by atoms with E-state index in [0.29, 0.717) is 12.6 Å². The second kappa shape index (κ2) is 9.60. The van der Waals surface area contributed by atoms with Gasteiger partial charge < -0.3 is 14.5 Å². The van der Waals surface area contributed by atoms with Gasteiger partial charge >= 0.3 is 0 Å². The smallest absolute Gasteiger partial charge is 0.237 e. The van der Waals surface area contributed by atoms with Crippen molar-refractivity contribution < 1.29 is 9.53 Å². The van der Waals surface area contributed by atoms with Gasteiger partial charge in [0.1, 0.15) is 0 Å². The van der Waals surface area contributed by atoms with Crippen LogP contribution >= 0.6 is 0 Å². The minimum absolute atomic E-state index is 0.0128. The minimum Gasteiger partial charge on any atom is -0.379 e. The summed E-state index contributed by atoms with van der Waals surface area (Å²) in [5.41, 5.74) is 1.23. The number of rotatable bonds is 5. The molecule has 1 aliphatic carbocycles. The summed E-state index contributed by atoms with van der Waals surface area (Å²) < 4.78 is 5.92. The van der Waals surface area contributed by atoms with Gasteiger partial charge in [-0.05, 0) is 56.7 Å². The van der Waals surface area contributed by atoms with Crippen molar-refractivity contribution in [1.29, 1.82) is 0 Å². The molecule has 1 aromatic carbocycles. The van der Waals surface area contributed by atoms with Crippen LogP contribution in [-0.4, -0.2) is 78.1 Å². The number of piperidine rings is 1. The van der Waals surface area contributed by atoms with Gasteiger partial charge in [-0.15, -0.1) is 0 Å². The first-order valence-corrected chi connectivity index (χ1v) is 12.6. The molecule has 5 nitrogen and oxygen atoms in total. The van der Waals surface area contributed by atoms with E-state index < -0.39 is 0 Å². The van der Waals surface area contributed by atoms with Gasteiger partial charge in [-0.25, -0.2) is 0 Å². The lowest BCUT2D eigenvalue weighted by atomic mass is 9.86. The van der Waals surface area contributed by atoms with E-state index in [1.807, 2.05) is 6.07 Å². The van der Waals surface area contributed by atoms with Crippen LogP contribution in [0.3, 0.4) is 0 Å². The molecule has 4 fully saturated rings. The summed E-state index contributed by atoms with van der Waals surface area (Å²) in [6, 6.07) is 10.9. The fraction of sp³-hybridized carbons (Fsp3) is 0.731. The lowest BCUT2D eigenvalue weighted by Crippen LogP contribution is -2.68. The minimum atomic E-state index is 0.0128. The van der Waals surface area contributed by atoms with E-state index in [1.165, 1.54) is 70.1 Å². The normalized spacial score (nSPS) is 29.8. The van der Waals surface area contributed by atoms with Gasteiger partial charge in [0.2, 0.25) is 5.91 Å². The average molecular weight is 426 g/mol. The Morgan fingerprint density at radius 2 is 1.77 bits per heavy atom. The number of benzene rings is 1. The molecule has 1 amide bonds. The van der Waals surface area contributed by atoms with Gasteiger partial charge in [0.15, 0.2) is 0 Å². The Hall–Kier alpha value is -1.43. The monoisotopic (exact) mass is 425 g/mol. The van der Waals surface area contributed by atoms with Gasteiger partial charge in [-0.1, -0.05) is 49.6 Å². The predicted octanol–water partition coefficient (Wildman–Crippen LogP) is 3.53. The fourth-order valence-corrected chi connectivity index (χ4v) is 6.51. The van der Waals surface area contributed by atoms with Gasteiger partial charge in [0, 0.05) is 32.3 Å². The molecule has 0 unspecified atom stereocenters. The number of carbonyl (C=O) groups is 1. The third-order valence-corrected chi connectivity index (χ3v) is 8.29. The third kappa shape index (κ3) is 4.84. The maximum Gasteiger partial charge on any atom is 0.237 e. The van der Waals surface area contributed by atoms with Crippen LogP contribution in [0.25, 0.3) is 0 Å². The first-order chi connectivity index (χ1) is 15.2. The lowest BCUT2D eigenvalue weighted by molar-refractivity contribution is -0.148. The summed E-state index contributed by atoms with van der Waals surface area (Å²) in [6.07, 6.45) is 10.6. The summed E-state index contributed by atoms with van der Waals surface area (Å²) in [5.74, 6) is 1.20. The summed E-state index contributed by atoms with van der Waals surface area (Å²) in [7, 11) is 0. The number of likely N-dealkylation sites (tertiary alicyclic amines) is 1. The molecule has 5 rings (SSSR count). The molecule has 3 heterocycles. The maximum atomic E-state index is 13.2. The highest BCUT2D eigenvalue weighted by atomic mass is 16.5. The molecule has 170 valence electrons. The molecule has 0 N–H and O–H groups in total. The number of nitrogens with zero attached hydrogens (tertiary/aromatic N) is 3. The maximum absolute atomic E-state index is 13.2. The molecule has 0 aromatic heterocycles. The van der Waals surface area contributed by atoms with Crippen molar-refractivity contribution in [2.75, 3.05) is 45.9 Å². The molecule has 4 aliphatic rings. The molecule has 1 spiro atoms. The first kappa shape index (κ1) is 21.4. The zero-order valence-electron chi connectivity index (χ0n) is 19.0. The molecule has 31 heavy (non-hydrogen) atoms. The SMILES string of the molecule is O=C1CN(C2CCN(CC3CCCCC3)CC2)[C@]2(CCOC2)CN1Cc1ccccc1. The molecule has 3 aliphatic heterocycles. The van der Waals surface area contributed by atoms with Gasteiger partial charge in [0.25, 0.3) is 0 Å². The van der Waals surface area contributed by atoms with Crippen molar-refractivity contribution in [3.63, 3.8) is 0 Å². The van der Waals surface area contributed by atoms with Crippen molar-refractivity contribution in [1.82, 2.24) is 14.7 Å². The van der Waals surface area contributed by atoms with E-state index in [9.17, 15) is 4.79 Å². The van der Waals surface area contributed by atoms with Crippen LogP contribution in [0.1, 0.15) is 56.9 Å². The Morgan fingerprint density at radius 3 is 2.48 bits per heavy atom. The number of amides is 1. The van der Waals surface area contributed by atoms with Crippen LogP contribution in [0.15, 0.2) is 30.3 Å². The Morgan fingerprint density at radius 1 is 1.00 bits per heavy atom. The second-order valence-corrected chi connectivity index (χ2v) is 10.4.